The van der Waals surface area contributed by atoms with Gasteiger partial charge in [-0.25, -0.2) is 0 Å². The Morgan fingerprint density at radius 3 is 3.00 bits per heavy atom. The molecule has 0 radical (unpaired) electrons. The fourth-order valence-corrected chi connectivity index (χ4v) is 2.05. The van der Waals surface area contributed by atoms with E-state index in [9.17, 15) is 4.79 Å². The van der Waals surface area contributed by atoms with Crippen LogP contribution >= 0.6 is 0 Å². The van der Waals surface area contributed by atoms with Gasteiger partial charge in [0.2, 0.25) is 0 Å². The number of rotatable bonds is 2. The van der Waals surface area contributed by atoms with Gasteiger partial charge in [-0.3, -0.25) is 4.79 Å². The molecule has 5 nitrogen and oxygen atoms in total. The number of ether oxygens (including phenoxy) is 2. The predicted octanol–water partition coefficient (Wildman–Crippen LogP) is -0.615. The second kappa shape index (κ2) is 4.92. The van der Waals surface area contributed by atoms with Crippen molar-refractivity contribution < 1.29 is 19.4 Å². The Labute approximate surface area is 89.0 Å². The molecule has 5 heteroatoms. The van der Waals surface area contributed by atoms with Crippen molar-refractivity contribution in [3.05, 3.63) is 0 Å². The Balaban J connectivity index is 1.96. The Kier molecular flexibility index (Phi) is 3.56. The minimum Gasteiger partial charge on any atom is -0.394 e. The van der Waals surface area contributed by atoms with Gasteiger partial charge in [0.1, 0.15) is 6.10 Å². The first kappa shape index (κ1) is 10.9. The summed E-state index contributed by atoms with van der Waals surface area (Å²) in [6.07, 6.45) is 1.45. The number of carbonyl (C=O) groups excluding carboxylic acids is 1. The van der Waals surface area contributed by atoms with Crippen LogP contribution in [0, 0.1) is 0 Å². The highest BCUT2D eigenvalue weighted by Crippen LogP contribution is 2.17. The number of nitrogens with zero attached hydrogens (tertiary/aromatic N) is 1. The summed E-state index contributed by atoms with van der Waals surface area (Å²) >= 11 is 0. The number of amides is 1. The second-order valence-electron chi connectivity index (χ2n) is 3.94. The van der Waals surface area contributed by atoms with E-state index in [0.717, 1.165) is 12.8 Å². The molecule has 0 aromatic rings. The molecule has 2 saturated heterocycles. The van der Waals surface area contributed by atoms with E-state index in [1.165, 1.54) is 0 Å². The van der Waals surface area contributed by atoms with Crippen LogP contribution in [0.4, 0.5) is 0 Å². The normalized spacial score (nSPS) is 31.9. The van der Waals surface area contributed by atoms with Crippen LogP contribution in [0.25, 0.3) is 0 Å². The number of hydrogen-bond donors (Lipinski definition) is 1. The maximum absolute atomic E-state index is 12.0. The topological polar surface area (TPSA) is 59.0 Å². The van der Waals surface area contributed by atoms with Crippen LogP contribution in [0.5, 0.6) is 0 Å². The third-order valence-electron chi connectivity index (χ3n) is 2.93. The lowest BCUT2D eigenvalue weighted by Crippen LogP contribution is -2.53. The van der Waals surface area contributed by atoms with Crippen LogP contribution in [-0.2, 0) is 14.3 Å². The summed E-state index contributed by atoms with van der Waals surface area (Å²) in [7, 11) is 0. The van der Waals surface area contributed by atoms with E-state index >= 15 is 0 Å². The molecule has 1 amide bonds. The molecule has 2 heterocycles. The molecule has 0 spiro atoms. The van der Waals surface area contributed by atoms with Crippen LogP contribution in [0.1, 0.15) is 12.8 Å². The number of morpholine rings is 1. The van der Waals surface area contributed by atoms with Crippen molar-refractivity contribution in [2.24, 2.45) is 0 Å². The number of aliphatic hydroxyl groups excluding tert-OH is 1. The van der Waals surface area contributed by atoms with Crippen molar-refractivity contribution in [1.82, 2.24) is 4.90 Å². The van der Waals surface area contributed by atoms with Crippen molar-refractivity contribution in [2.75, 3.05) is 33.0 Å². The molecule has 1 N–H and O–H groups in total. The third-order valence-corrected chi connectivity index (χ3v) is 2.93. The van der Waals surface area contributed by atoms with Crippen molar-refractivity contribution >= 4 is 5.91 Å². The maximum atomic E-state index is 12.0. The Morgan fingerprint density at radius 2 is 2.33 bits per heavy atom. The largest absolute Gasteiger partial charge is 0.394 e. The molecular weight excluding hydrogens is 198 g/mol. The second-order valence-corrected chi connectivity index (χ2v) is 3.94. The van der Waals surface area contributed by atoms with Gasteiger partial charge in [0.05, 0.1) is 25.9 Å². The summed E-state index contributed by atoms with van der Waals surface area (Å²) in [5, 5.41) is 9.14. The minimum absolute atomic E-state index is 0.00912. The molecule has 0 bridgehead atoms. The zero-order valence-corrected chi connectivity index (χ0v) is 8.72. The quantitative estimate of drug-likeness (QED) is 0.667. The molecule has 0 aromatic heterocycles. The highest BCUT2D eigenvalue weighted by Gasteiger charge is 2.33. The predicted molar refractivity (Wildman–Crippen MR) is 52.4 cm³/mol. The average molecular weight is 215 g/mol. The van der Waals surface area contributed by atoms with Crippen molar-refractivity contribution in [3.63, 3.8) is 0 Å². The number of carbonyl (C=O) groups is 1. The Hall–Kier alpha value is -0.650. The van der Waals surface area contributed by atoms with Crippen LogP contribution in [0.3, 0.4) is 0 Å². The summed E-state index contributed by atoms with van der Waals surface area (Å²) in [5.41, 5.74) is 0. The molecule has 2 unspecified atom stereocenters. The van der Waals surface area contributed by atoms with Crippen molar-refractivity contribution in [1.29, 1.82) is 0 Å². The maximum Gasteiger partial charge on any atom is 0.252 e. The first-order valence-electron chi connectivity index (χ1n) is 5.43. The monoisotopic (exact) mass is 215 g/mol. The summed E-state index contributed by atoms with van der Waals surface area (Å²) < 4.78 is 10.6. The molecule has 0 aromatic carbocycles. The van der Waals surface area contributed by atoms with Gasteiger partial charge in [-0.2, -0.15) is 0 Å². The molecule has 0 aliphatic carbocycles. The fraction of sp³-hybridized carbons (Fsp3) is 0.900. The summed E-state index contributed by atoms with van der Waals surface area (Å²) in [6.45, 7) is 2.16. The standard InChI is InChI=1S/C10H17NO4/c12-6-8-7-14-5-3-11(8)10(13)9-2-1-4-15-9/h8-9,12H,1-7H2. The molecule has 86 valence electrons. The van der Waals surface area contributed by atoms with Gasteiger partial charge < -0.3 is 19.5 Å². The van der Waals surface area contributed by atoms with Gasteiger partial charge in [0.15, 0.2) is 0 Å². The molecule has 15 heavy (non-hydrogen) atoms. The zero-order valence-electron chi connectivity index (χ0n) is 8.72. The van der Waals surface area contributed by atoms with E-state index in [0.29, 0.717) is 26.4 Å². The average Bonchev–Trinajstić information content (AvgIpc) is 2.81. The highest BCUT2D eigenvalue weighted by atomic mass is 16.5. The third kappa shape index (κ3) is 2.30. The lowest BCUT2D eigenvalue weighted by atomic mass is 10.1. The molecule has 2 aliphatic rings. The smallest absolute Gasteiger partial charge is 0.252 e. The number of aliphatic hydroxyl groups is 1. The van der Waals surface area contributed by atoms with Crippen LogP contribution < -0.4 is 0 Å². The number of hydrogen-bond acceptors (Lipinski definition) is 4. The van der Waals surface area contributed by atoms with Crippen LogP contribution in [0.2, 0.25) is 0 Å². The first-order valence-corrected chi connectivity index (χ1v) is 5.43. The van der Waals surface area contributed by atoms with Crippen molar-refractivity contribution in [3.8, 4) is 0 Å². The fourth-order valence-electron chi connectivity index (χ4n) is 2.05. The van der Waals surface area contributed by atoms with Gasteiger partial charge in [-0.15, -0.1) is 0 Å². The van der Waals surface area contributed by atoms with Gasteiger partial charge in [0, 0.05) is 13.2 Å². The van der Waals surface area contributed by atoms with E-state index in [1.807, 2.05) is 0 Å². The zero-order chi connectivity index (χ0) is 10.7. The highest BCUT2D eigenvalue weighted by molar-refractivity contribution is 5.81. The molecule has 2 atom stereocenters. The first-order chi connectivity index (χ1) is 7.33. The van der Waals surface area contributed by atoms with E-state index in [2.05, 4.69) is 0 Å². The summed E-state index contributed by atoms with van der Waals surface area (Å²) in [5.74, 6) is 0.00912. The van der Waals surface area contributed by atoms with Gasteiger partial charge in [0.25, 0.3) is 5.91 Å². The van der Waals surface area contributed by atoms with E-state index in [-0.39, 0.29) is 24.7 Å². The lowest BCUT2D eigenvalue weighted by Gasteiger charge is -2.35. The minimum atomic E-state index is -0.294. The molecule has 2 fully saturated rings. The SMILES string of the molecule is O=C(C1CCCO1)N1CCOCC1CO. The van der Waals surface area contributed by atoms with Crippen molar-refractivity contribution in [2.45, 2.75) is 25.0 Å². The Morgan fingerprint density at radius 1 is 1.47 bits per heavy atom. The Bertz CT molecular complexity index is 227. The van der Waals surface area contributed by atoms with Gasteiger partial charge in [-0.05, 0) is 12.8 Å². The summed E-state index contributed by atoms with van der Waals surface area (Å²) in [4.78, 5) is 13.7. The van der Waals surface area contributed by atoms with Gasteiger partial charge in [-0.1, -0.05) is 0 Å². The van der Waals surface area contributed by atoms with E-state index in [1.54, 1.807) is 4.90 Å². The summed E-state index contributed by atoms with van der Waals surface area (Å²) in [6, 6.07) is -0.199. The lowest BCUT2D eigenvalue weighted by molar-refractivity contribution is -0.151. The van der Waals surface area contributed by atoms with Crippen LogP contribution in [0.15, 0.2) is 0 Å². The van der Waals surface area contributed by atoms with Gasteiger partial charge >= 0.3 is 0 Å². The van der Waals surface area contributed by atoms with E-state index < -0.39 is 0 Å². The molecule has 0 saturated carbocycles. The van der Waals surface area contributed by atoms with Crippen LogP contribution in [-0.4, -0.2) is 61.0 Å². The molecule has 2 aliphatic heterocycles. The molecular formula is C10H17NO4. The van der Waals surface area contributed by atoms with E-state index in [4.69, 9.17) is 14.6 Å². The molecule has 2 rings (SSSR count).